The van der Waals surface area contributed by atoms with Crippen LogP contribution < -0.4 is 16.2 Å². The van der Waals surface area contributed by atoms with Gasteiger partial charge in [0.1, 0.15) is 16.4 Å². The third kappa shape index (κ3) is 3.28. The highest BCUT2D eigenvalue weighted by atomic mass is 35.5. The van der Waals surface area contributed by atoms with E-state index in [2.05, 4.69) is 9.97 Å². The number of carbonyl (C=O) groups is 2. The predicted molar refractivity (Wildman–Crippen MR) is 133 cm³/mol. The molecule has 0 saturated carbocycles. The van der Waals surface area contributed by atoms with Crippen molar-refractivity contribution in [3.63, 3.8) is 0 Å². The number of halogens is 1. The van der Waals surface area contributed by atoms with E-state index in [4.69, 9.17) is 27.2 Å². The van der Waals surface area contributed by atoms with Gasteiger partial charge in [0.15, 0.2) is 16.9 Å². The van der Waals surface area contributed by atoms with Gasteiger partial charge in [-0.05, 0) is 24.6 Å². The molecular formula is C23H18ClN7O4S. The van der Waals surface area contributed by atoms with E-state index in [1.54, 1.807) is 12.3 Å². The van der Waals surface area contributed by atoms with E-state index in [0.717, 1.165) is 11.8 Å². The van der Waals surface area contributed by atoms with Crippen LogP contribution in [0.1, 0.15) is 28.6 Å². The number of nitrogens with zero attached hydrogens (tertiary/aromatic N) is 6. The zero-order chi connectivity index (χ0) is 25.1. The molecule has 2 aliphatic heterocycles. The van der Waals surface area contributed by atoms with E-state index in [-0.39, 0.29) is 22.6 Å². The van der Waals surface area contributed by atoms with E-state index in [9.17, 15) is 14.4 Å². The zero-order valence-electron chi connectivity index (χ0n) is 18.8. The highest BCUT2D eigenvalue weighted by Gasteiger charge is 2.45. The van der Waals surface area contributed by atoms with Gasteiger partial charge in [-0.2, -0.15) is 10.1 Å². The Morgan fingerprint density at radius 2 is 1.97 bits per heavy atom. The number of nitrogens with two attached hydrogens (primary N) is 1. The maximum absolute atomic E-state index is 13.6. The number of Topliss-reactive ketones (excluding diaryl/α,β-unsaturated/α-hetero) is 1. The Labute approximate surface area is 212 Å². The summed E-state index contributed by atoms with van der Waals surface area (Å²) in [6, 6.07) is 10.3. The average Bonchev–Trinajstić information content (AvgIpc) is 3.38. The predicted octanol–water partition coefficient (Wildman–Crippen LogP) is 2.29. The third-order valence-corrected chi connectivity index (χ3v) is 7.74. The molecule has 6 rings (SSSR count). The highest BCUT2D eigenvalue weighted by Crippen LogP contribution is 2.45. The molecule has 2 N–H and O–H groups in total. The molecule has 1 unspecified atom stereocenters. The van der Waals surface area contributed by atoms with Crippen molar-refractivity contribution in [3.8, 4) is 5.69 Å². The number of ketones is 1. The van der Waals surface area contributed by atoms with Crippen molar-refractivity contribution in [2.45, 2.75) is 22.7 Å². The normalized spacial score (nSPS) is 18.8. The lowest BCUT2D eigenvalue weighted by molar-refractivity contribution is -0.138. The second-order valence-electron chi connectivity index (χ2n) is 8.26. The van der Waals surface area contributed by atoms with Crippen LogP contribution in [0.15, 0.2) is 52.4 Å². The van der Waals surface area contributed by atoms with Crippen molar-refractivity contribution in [3.05, 3.63) is 69.4 Å². The Morgan fingerprint density at radius 3 is 2.67 bits per heavy atom. The van der Waals surface area contributed by atoms with Crippen LogP contribution in [0.5, 0.6) is 0 Å². The number of anilines is 2. The summed E-state index contributed by atoms with van der Waals surface area (Å²) >= 11 is 7.29. The van der Waals surface area contributed by atoms with E-state index in [1.807, 2.05) is 35.2 Å². The van der Waals surface area contributed by atoms with Crippen LogP contribution in [0.2, 0.25) is 5.02 Å². The van der Waals surface area contributed by atoms with Crippen LogP contribution in [0.3, 0.4) is 0 Å². The van der Waals surface area contributed by atoms with Gasteiger partial charge < -0.3 is 15.4 Å². The summed E-state index contributed by atoms with van der Waals surface area (Å²) in [5.41, 5.74) is 6.75. The number of benzene rings is 1. The molecule has 3 aromatic heterocycles. The summed E-state index contributed by atoms with van der Waals surface area (Å²) in [7, 11) is 1.23. The maximum atomic E-state index is 13.6. The minimum absolute atomic E-state index is 0.0266. The second-order valence-corrected chi connectivity index (χ2v) is 9.76. The molecular weight excluding hydrogens is 506 g/mol. The van der Waals surface area contributed by atoms with Gasteiger partial charge in [0.05, 0.1) is 29.4 Å². The summed E-state index contributed by atoms with van der Waals surface area (Å²) in [6.45, 7) is 0.531. The average molecular weight is 524 g/mol. The second kappa shape index (κ2) is 8.35. The van der Waals surface area contributed by atoms with Crippen LogP contribution in [-0.4, -0.2) is 54.8 Å². The maximum Gasteiger partial charge on any atom is 0.327 e. The standard InChI is InChI=1S/C23H18ClN7O4S/c1-35-22(34)17-16(32)14-19(26-23(25)27-20(14)36-17)29-9-8-13(29)18-28-30-10-7-12(24)15(30)21(33)31(18)11-5-3-2-4-6-11/h2-7,10,13,17H,8-9H2,1H3,(H2,25,26,27)/t13-,17?/m0/s1. The first kappa shape index (κ1) is 22.6. The van der Waals surface area contributed by atoms with Crippen molar-refractivity contribution in [2.24, 2.45) is 0 Å². The molecule has 2 aliphatic rings. The molecule has 0 bridgehead atoms. The number of ether oxygens (including phenoxy) is 1. The number of esters is 1. The Morgan fingerprint density at radius 1 is 1.19 bits per heavy atom. The first-order valence-electron chi connectivity index (χ1n) is 11.0. The minimum atomic E-state index is -1.07. The number of nitrogen functional groups attached to an aromatic ring is 1. The topological polar surface area (TPSA) is 138 Å². The number of hydrogen-bond donors (Lipinski definition) is 1. The monoisotopic (exact) mass is 523 g/mol. The summed E-state index contributed by atoms with van der Waals surface area (Å²) in [6.07, 6.45) is 2.27. The molecule has 1 aromatic carbocycles. The molecule has 4 aromatic rings. The molecule has 5 heterocycles. The van der Waals surface area contributed by atoms with Crippen molar-refractivity contribution >= 4 is 52.4 Å². The molecule has 1 saturated heterocycles. The lowest BCUT2D eigenvalue weighted by Crippen LogP contribution is -2.46. The van der Waals surface area contributed by atoms with Gasteiger partial charge in [0.25, 0.3) is 5.56 Å². The number of methoxy groups -OCH3 is 1. The van der Waals surface area contributed by atoms with E-state index in [0.29, 0.717) is 40.3 Å². The molecule has 182 valence electrons. The molecule has 11 nitrogen and oxygen atoms in total. The van der Waals surface area contributed by atoms with Gasteiger partial charge in [-0.15, -0.1) is 0 Å². The van der Waals surface area contributed by atoms with E-state index < -0.39 is 23.0 Å². The van der Waals surface area contributed by atoms with Gasteiger partial charge in [-0.3, -0.25) is 19.0 Å². The molecule has 0 spiro atoms. The van der Waals surface area contributed by atoms with E-state index in [1.165, 1.54) is 16.2 Å². The lowest BCUT2D eigenvalue weighted by atomic mass is 9.99. The molecule has 0 radical (unpaired) electrons. The van der Waals surface area contributed by atoms with Crippen molar-refractivity contribution in [1.29, 1.82) is 0 Å². The van der Waals surface area contributed by atoms with E-state index >= 15 is 0 Å². The third-order valence-electron chi connectivity index (χ3n) is 6.27. The quantitative estimate of drug-likeness (QED) is 0.241. The van der Waals surface area contributed by atoms with Crippen molar-refractivity contribution < 1.29 is 14.3 Å². The summed E-state index contributed by atoms with van der Waals surface area (Å²) in [5, 5.41) is 4.29. The van der Waals surface area contributed by atoms with Crippen LogP contribution in [0.4, 0.5) is 11.8 Å². The largest absolute Gasteiger partial charge is 0.468 e. The van der Waals surface area contributed by atoms with Crippen molar-refractivity contribution in [1.82, 2.24) is 24.1 Å². The fraction of sp³-hybridized carbons (Fsp3) is 0.217. The number of fused-ring (bicyclic) bond motifs is 2. The van der Waals surface area contributed by atoms with Crippen LogP contribution in [0.25, 0.3) is 11.2 Å². The van der Waals surface area contributed by atoms with Gasteiger partial charge in [-0.1, -0.05) is 41.6 Å². The molecule has 2 atom stereocenters. The number of aromatic nitrogens is 5. The summed E-state index contributed by atoms with van der Waals surface area (Å²) in [4.78, 5) is 49.4. The van der Waals surface area contributed by atoms with Gasteiger partial charge in [0.2, 0.25) is 5.95 Å². The number of hydrogen-bond acceptors (Lipinski definition) is 10. The fourth-order valence-corrected chi connectivity index (χ4v) is 5.83. The molecule has 0 amide bonds. The Kier molecular flexibility index (Phi) is 5.23. The summed E-state index contributed by atoms with van der Waals surface area (Å²) in [5.74, 6) is -0.380. The smallest absolute Gasteiger partial charge is 0.327 e. The van der Waals surface area contributed by atoms with Crippen LogP contribution >= 0.6 is 23.4 Å². The van der Waals surface area contributed by atoms with Crippen LogP contribution in [0, 0.1) is 0 Å². The minimum Gasteiger partial charge on any atom is -0.468 e. The number of rotatable bonds is 4. The first-order chi connectivity index (χ1) is 17.4. The summed E-state index contributed by atoms with van der Waals surface area (Å²) < 4.78 is 7.77. The van der Waals surface area contributed by atoms with Gasteiger partial charge in [0, 0.05) is 12.7 Å². The fourth-order valence-electron chi connectivity index (χ4n) is 4.51. The Hall–Kier alpha value is -3.90. The first-order valence-corrected chi connectivity index (χ1v) is 12.2. The number of carbonyl (C=O) groups excluding carboxylic acids is 2. The van der Waals surface area contributed by atoms with Crippen LogP contribution in [-0.2, 0) is 9.53 Å². The highest BCUT2D eigenvalue weighted by molar-refractivity contribution is 8.02. The van der Waals surface area contributed by atoms with Crippen molar-refractivity contribution in [2.75, 3.05) is 24.3 Å². The molecule has 1 fully saturated rings. The molecule has 0 aliphatic carbocycles. The SMILES string of the molecule is COC(=O)C1Sc2nc(N)nc(N3CC[C@H]3c3nn4ccc(Cl)c4c(=O)n3-c3ccccc3)c2C1=O. The van der Waals surface area contributed by atoms with Gasteiger partial charge >= 0.3 is 5.97 Å². The Balaban J connectivity index is 1.51. The number of thioether (sulfide) groups is 1. The Bertz CT molecular complexity index is 1620. The van der Waals surface area contributed by atoms with Gasteiger partial charge in [-0.25, -0.2) is 9.50 Å². The molecule has 36 heavy (non-hydrogen) atoms. The zero-order valence-corrected chi connectivity index (χ0v) is 20.4. The molecule has 13 heteroatoms. The lowest BCUT2D eigenvalue weighted by Gasteiger charge is -2.42. The number of para-hydroxylation sites is 1.